The minimum atomic E-state index is -0.301. The molecular formula is C18H20N2O3S. The summed E-state index contributed by atoms with van der Waals surface area (Å²) in [5.41, 5.74) is 2.01. The van der Waals surface area contributed by atoms with Crippen molar-refractivity contribution < 1.29 is 14.3 Å². The Kier molecular flexibility index (Phi) is 5.15. The number of carbonyl (C=O) groups is 2. The maximum Gasteiger partial charge on any atom is 0.409 e. The number of thiophene rings is 1. The lowest BCUT2D eigenvalue weighted by molar-refractivity contribution is 0.0896. The largest absolute Gasteiger partial charge is 0.453 e. The molecule has 1 aliphatic heterocycles. The predicted molar refractivity (Wildman–Crippen MR) is 94.2 cm³/mol. The van der Waals surface area contributed by atoms with Crippen LogP contribution in [0.1, 0.15) is 22.5 Å². The third kappa shape index (κ3) is 3.59. The summed E-state index contributed by atoms with van der Waals surface area (Å²) in [5, 5.41) is 5.04. The van der Waals surface area contributed by atoms with Crippen LogP contribution in [0.4, 0.5) is 4.79 Å². The number of rotatable bonds is 3. The molecule has 2 amide bonds. The second-order valence-electron chi connectivity index (χ2n) is 5.73. The monoisotopic (exact) mass is 344 g/mol. The summed E-state index contributed by atoms with van der Waals surface area (Å²) in [5.74, 6) is -0.0413. The average molecular weight is 344 g/mol. The maximum atomic E-state index is 12.6. The van der Waals surface area contributed by atoms with Crippen LogP contribution in [-0.2, 0) is 4.74 Å². The van der Waals surface area contributed by atoms with E-state index in [0.717, 1.165) is 28.8 Å². The topological polar surface area (TPSA) is 58.6 Å². The van der Waals surface area contributed by atoms with Crippen molar-refractivity contribution in [1.82, 2.24) is 10.2 Å². The minimum Gasteiger partial charge on any atom is -0.453 e. The Morgan fingerprint density at radius 1 is 1.17 bits per heavy atom. The molecule has 1 aromatic heterocycles. The molecule has 1 saturated heterocycles. The van der Waals surface area contributed by atoms with Gasteiger partial charge in [-0.1, -0.05) is 30.3 Å². The van der Waals surface area contributed by atoms with Gasteiger partial charge in [-0.05, 0) is 29.9 Å². The Morgan fingerprint density at radius 3 is 2.54 bits per heavy atom. The molecule has 0 spiro atoms. The molecular weight excluding hydrogens is 324 g/mol. The molecule has 0 radical (unpaired) electrons. The Balaban J connectivity index is 1.63. The molecule has 0 atom stereocenters. The Morgan fingerprint density at radius 2 is 1.88 bits per heavy atom. The van der Waals surface area contributed by atoms with E-state index in [1.807, 2.05) is 41.8 Å². The van der Waals surface area contributed by atoms with Crippen LogP contribution in [0.2, 0.25) is 0 Å². The molecule has 0 aliphatic carbocycles. The Hall–Kier alpha value is -2.34. The highest BCUT2D eigenvalue weighted by Crippen LogP contribution is 2.28. The quantitative estimate of drug-likeness (QED) is 0.929. The lowest BCUT2D eigenvalue weighted by Crippen LogP contribution is -2.46. The molecule has 24 heavy (non-hydrogen) atoms. The molecule has 3 rings (SSSR count). The number of nitrogens with one attached hydrogen (secondary N) is 1. The fraction of sp³-hybridized carbons (Fsp3) is 0.333. The molecule has 2 aromatic rings. The van der Waals surface area contributed by atoms with Gasteiger partial charge in [0.1, 0.15) is 0 Å². The van der Waals surface area contributed by atoms with Crippen LogP contribution < -0.4 is 5.32 Å². The average Bonchev–Trinajstić information content (AvgIpc) is 3.12. The van der Waals surface area contributed by atoms with Crippen molar-refractivity contribution in [3.63, 3.8) is 0 Å². The molecule has 0 unspecified atom stereocenters. The Bertz CT molecular complexity index is 706. The van der Waals surface area contributed by atoms with Crippen molar-refractivity contribution >= 4 is 23.3 Å². The van der Waals surface area contributed by atoms with Gasteiger partial charge in [-0.3, -0.25) is 4.79 Å². The summed E-state index contributed by atoms with van der Waals surface area (Å²) in [6, 6.07) is 12.0. The molecule has 1 aromatic carbocycles. The first-order valence-corrected chi connectivity index (χ1v) is 8.83. The number of hydrogen-bond acceptors (Lipinski definition) is 4. The van der Waals surface area contributed by atoms with Gasteiger partial charge in [0.25, 0.3) is 5.91 Å². The molecule has 6 heteroatoms. The lowest BCUT2D eigenvalue weighted by atomic mass is 10.0. The van der Waals surface area contributed by atoms with Crippen molar-refractivity contribution in [2.75, 3.05) is 20.2 Å². The molecule has 1 aliphatic rings. The number of hydrogen-bond donors (Lipinski definition) is 1. The zero-order valence-corrected chi connectivity index (χ0v) is 14.3. The van der Waals surface area contributed by atoms with Crippen molar-refractivity contribution in [3.05, 3.63) is 46.7 Å². The molecule has 126 valence electrons. The van der Waals surface area contributed by atoms with Gasteiger partial charge >= 0.3 is 6.09 Å². The number of ether oxygens (including phenoxy) is 1. The summed E-state index contributed by atoms with van der Waals surface area (Å²) in [7, 11) is 1.39. The number of piperidine rings is 1. The Labute approximate surface area is 145 Å². The molecule has 1 N–H and O–H groups in total. The SMILES string of the molecule is COC(=O)N1CCC(NC(=O)c2sccc2-c2ccccc2)CC1. The molecule has 0 saturated carbocycles. The number of methoxy groups -OCH3 is 1. The number of amides is 2. The fourth-order valence-corrected chi connectivity index (χ4v) is 3.74. The first kappa shape index (κ1) is 16.5. The van der Waals surface area contributed by atoms with Crippen LogP contribution in [0, 0.1) is 0 Å². The highest BCUT2D eigenvalue weighted by molar-refractivity contribution is 7.12. The van der Waals surface area contributed by atoms with Gasteiger partial charge in [-0.2, -0.15) is 0 Å². The minimum absolute atomic E-state index is 0.0413. The second kappa shape index (κ2) is 7.49. The fourth-order valence-electron chi connectivity index (χ4n) is 2.92. The highest BCUT2D eigenvalue weighted by Gasteiger charge is 2.25. The summed E-state index contributed by atoms with van der Waals surface area (Å²) in [6.45, 7) is 1.21. The van der Waals surface area contributed by atoms with Gasteiger partial charge < -0.3 is 15.0 Å². The summed E-state index contributed by atoms with van der Waals surface area (Å²) in [6.07, 6.45) is 1.18. The third-order valence-electron chi connectivity index (χ3n) is 4.22. The van der Waals surface area contributed by atoms with Gasteiger partial charge in [-0.25, -0.2) is 4.79 Å². The lowest BCUT2D eigenvalue weighted by Gasteiger charge is -2.31. The predicted octanol–water partition coefficient (Wildman–Crippen LogP) is 3.38. The third-order valence-corrected chi connectivity index (χ3v) is 5.13. The van der Waals surface area contributed by atoms with Crippen molar-refractivity contribution in [2.24, 2.45) is 0 Å². The van der Waals surface area contributed by atoms with Crippen LogP contribution in [-0.4, -0.2) is 43.1 Å². The van der Waals surface area contributed by atoms with Gasteiger partial charge in [0.05, 0.1) is 12.0 Å². The van der Waals surface area contributed by atoms with E-state index in [1.54, 1.807) is 4.90 Å². The van der Waals surface area contributed by atoms with Crippen LogP contribution in [0.3, 0.4) is 0 Å². The summed E-state index contributed by atoms with van der Waals surface area (Å²) >= 11 is 1.45. The van der Waals surface area contributed by atoms with Crippen LogP contribution in [0.5, 0.6) is 0 Å². The standard InChI is InChI=1S/C18H20N2O3S/c1-23-18(22)20-10-7-14(8-11-20)19-17(21)16-15(9-12-24-16)13-5-3-2-4-6-13/h2-6,9,12,14H,7-8,10-11H2,1H3,(H,19,21). The summed E-state index contributed by atoms with van der Waals surface area (Å²) < 4.78 is 4.73. The van der Waals surface area contributed by atoms with E-state index in [4.69, 9.17) is 4.74 Å². The second-order valence-corrected chi connectivity index (χ2v) is 6.65. The number of carbonyl (C=O) groups excluding carboxylic acids is 2. The van der Waals surface area contributed by atoms with E-state index in [9.17, 15) is 9.59 Å². The van der Waals surface area contributed by atoms with Crippen LogP contribution in [0.25, 0.3) is 11.1 Å². The van der Waals surface area contributed by atoms with Gasteiger partial charge in [-0.15, -0.1) is 11.3 Å². The van der Waals surface area contributed by atoms with E-state index in [2.05, 4.69) is 5.32 Å². The van der Waals surface area contributed by atoms with Crippen molar-refractivity contribution in [3.8, 4) is 11.1 Å². The van der Waals surface area contributed by atoms with Gasteiger partial charge in [0.15, 0.2) is 0 Å². The molecule has 5 nitrogen and oxygen atoms in total. The number of likely N-dealkylation sites (tertiary alicyclic amines) is 1. The highest BCUT2D eigenvalue weighted by atomic mass is 32.1. The van der Waals surface area contributed by atoms with E-state index in [1.165, 1.54) is 18.4 Å². The number of benzene rings is 1. The molecule has 0 bridgehead atoms. The molecule has 2 heterocycles. The van der Waals surface area contributed by atoms with E-state index >= 15 is 0 Å². The van der Waals surface area contributed by atoms with Gasteiger partial charge in [0, 0.05) is 24.7 Å². The normalized spacial score (nSPS) is 15.1. The zero-order chi connectivity index (χ0) is 16.9. The van der Waals surface area contributed by atoms with Crippen molar-refractivity contribution in [2.45, 2.75) is 18.9 Å². The zero-order valence-electron chi connectivity index (χ0n) is 13.5. The number of nitrogens with zero attached hydrogens (tertiary/aromatic N) is 1. The molecule has 1 fully saturated rings. The first-order valence-electron chi connectivity index (χ1n) is 7.95. The maximum absolute atomic E-state index is 12.6. The summed E-state index contributed by atoms with van der Waals surface area (Å²) in [4.78, 5) is 26.5. The first-order chi connectivity index (χ1) is 11.7. The van der Waals surface area contributed by atoms with Crippen LogP contribution >= 0.6 is 11.3 Å². The van der Waals surface area contributed by atoms with E-state index < -0.39 is 0 Å². The van der Waals surface area contributed by atoms with E-state index in [-0.39, 0.29) is 18.0 Å². The van der Waals surface area contributed by atoms with E-state index in [0.29, 0.717) is 13.1 Å². The van der Waals surface area contributed by atoms with Gasteiger partial charge in [0.2, 0.25) is 0 Å². The van der Waals surface area contributed by atoms with Crippen molar-refractivity contribution in [1.29, 1.82) is 0 Å². The smallest absolute Gasteiger partial charge is 0.409 e. The van der Waals surface area contributed by atoms with Crippen LogP contribution in [0.15, 0.2) is 41.8 Å².